The van der Waals surface area contributed by atoms with Crippen LogP contribution in [-0.4, -0.2) is 42.5 Å². The van der Waals surface area contributed by atoms with Crippen molar-refractivity contribution in [1.29, 1.82) is 0 Å². The molecule has 1 aromatic heterocycles. The molecular weight excluding hydrogens is 412 g/mol. The molecule has 0 atom stereocenters. The number of hydrogen-bond donors (Lipinski definition) is 1. The Morgan fingerprint density at radius 1 is 1.10 bits per heavy atom. The summed E-state index contributed by atoms with van der Waals surface area (Å²) in [5.41, 5.74) is 1.26. The molecule has 10 heteroatoms. The molecule has 8 nitrogen and oxygen atoms in total. The fourth-order valence-corrected chi connectivity index (χ4v) is 5.01. The predicted molar refractivity (Wildman–Crippen MR) is 111 cm³/mol. The van der Waals surface area contributed by atoms with Crippen molar-refractivity contribution < 1.29 is 17.9 Å². The summed E-state index contributed by atoms with van der Waals surface area (Å²) in [6.07, 6.45) is 0. The monoisotopic (exact) mass is 432 g/mol. The SMILES string of the molecule is CCN(Cc1ccc(OC)cc1)S(=O)(=O)c1nnc(NC(=O)c2ccccc2)s1. The average Bonchev–Trinajstić information content (AvgIpc) is 3.22. The number of methoxy groups -OCH3 is 1. The summed E-state index contributed by atoms with van der Waals surface area (Å²) in [4.78, 5) is 12.2. The average molecular weight is 433 g/mol. The maximum Gasteiger partial charge on any atom is 0.272 e. The van der Waals surface area contributed by atoms with Crippen molar-refractivity contribution in [3.05, 3.63) is 65.7 Å². The van der Waals surface area contributed by atoms with Gasteiger partial charge in [-0.15, -0.1) is 10.2 Å². The van der Waals surface area contributed by atoms with Gasteiger partial charge in [-0.3, -0.25) is 10.1 Å². The van der Waals surface area contributed by atoms with Gasteiger partial charge in [0.2, 0.25) is 9.47 Å². The molecule has 0 aliphatic carbocycles. The van der Waals surface area contributed by atoms with Crippen LogP contribution in [0.5, 0.6) is 5.75 Å². The first-order valence-corrected chi connectivity index (χ1v) is 11.0. The number of aromatic nitrogens is 2. The predicted octanol–water partition coefficient (Wildman–Crippen LogP) is 3.01. The summed E-state index contributed by atoms with van der Waals surface area (Å²) < 4.78 is 32.2. The van der Waals surface area contributed by atoms with Crippen molar-refractivity contribution in [2.75, 3.05) is 19.0 Å². The molecule has 1 N–H and O–H groups in total. The Balaban J connectivity index is 1.74. The fourth-order valence-electron chi connectivity index (χ4n) is 2.54. The second-order valence-electron chi connectivity index (χ2n) is 5.97. The van der Waals surface area contributed by atoms with Crippen LogP contribution in [0.1, 0.15) is 22.8 Å². The zero-order valence-electron chi connectivity index (χ0n) is 15.9. The number of carbonyl (C=O) groups is 1. The second kappa shape index (κ2) is 9.12. The molecular formula is C19H20N4O4S2. The molecule has 0 bridgehead atoms. The number of anilines is 1. The van der Waals surface area contributed by atoms with Crippen molar-refractivity contribution in [1.82, 2.24) is 14.5 Å². The third-order valence-corrected chi connectivity index (χ3v) is 7.20. The van der Waals surface area contributed by atoms with Gasteiger partial charge in [-0.2, -0.15) is 4.31 Å². The Morgan fingerprint density at radius 2 is 1.79 bits per heavy atom. The molecule has 1 amide bonds. The largest absolute Gasteiger partial charge is 0.497 e. The molecule has 29 heavy (non-hydrogen) atoms. The molecule has 0 saturated heterocycles. The number of amides is 1. The Labute approximate surface area is 173 Å². The minimum absolute atomic E-state index is 0.123. The highest BCUT2D eigenvalue weighted by molar-refractivity contribution is 7.91. The normalized spacial score (nSPS) is 11.4. The highest BCUT2D eigenvalue weighted by atomic mass is 32.2. The van der Waals surface area contributed by atoms with E-state index < -0.39 is 10.0 Å². The summed E-state index contributed by atoms with van der Waals surface area (Å²) in [7, 11) is -2.28. The summed E-state index contributed by atoms with van der Waals surface area (Å²) >= 11 is 0.819. The minimum atomic E-state index is -3.85. The maximum absolute atomic E-state index is 13.0. The van der Waals surface area contributed by atoms with Crippen LogP contribution >= 0.6 is 11.3 Å². The van der Waals surface area contributed by atoms with Gasteiger partial charge in [0.25, 0.3) is 15.9 Å². The number of nitrogens with one attached hydrogen (secondary N) is 1. The molecule has 0 unspecified atom stereocenters. The maximum atomic E-state index is 13.0. The second-order valence-corrected chi connectivity index (χ2v) is 9.06. The lowest BCUT2D eigenvalue weighted by Crippen LogP contribution is -2.30. The number of benzene rings is 2. The van der Waals surface area contributed by atoms with E-state index in [1.807, 2.05) is 12.1 Å². The van der Waals surface area contributed by atoms with Crippen LogP contribution in [0.15, 0.2) is 58.9 Å². The van der Waals surface area contributed by atoms with E-state index in [-0.39, 0.29) is 28.5 Å². The Hall–Kier alpha value is -2.82. The van der Waals surface area contributed by atoms with Crippen LogP contribution in [-0.2, 0) is 16.6 Å². The standard InChI is InChI=1S/C19H20N4O4S2/c1-3-23(13-14-9-11-16(27-2)12-10-14)29(25,26)19-22-21-18(28-19)20-17(24)15-7-5-4-6-8-15/h4-12H,3,13H2,1-2H3,(H,20,21,24). The molecule has 0 spiro atoms. The summed E-state index contributed by atoms with van der Waals surface area (Å²) in [5.74, 6) is 0.318. The van der Waals surface area contributed by atoms with Crippen LogP contribution in [0.3, 0.4) is 0 Å². The number of sulfonamides is 1. The van der Waals surface area contributed by atoms with Gasteiger partial charge in [-0.25, -0.2) is 8.42 Å². The van der Waals surface area contributed by atoms with E-state index in [0.29, 0.717) is 11.3 Å². The minimum Gasteiger partial charge on any atom is -0.497 e. The van der Waals surface area contributed by atoms with E-state index in [4.69, 9.17) is 4.74 Å². The van der Waals surface area contributed by atoms with E-state index in [1.165, 1.54) is 4.31 Å². The quantitative estimate of drug-likeness (QED) is 0.549. The first-order chi connectivity index (χ1) is 13.9. The molecule has 0 radical (unpaired) electrons. The number of ether oxygens (including phenoxy) is 1. The lowest BCUT2D eigenvalue weighted by molar-refractivity contribution is 0.102. The van der Waals surface area contributed by atoms with Crippen molar-refractivity contribution in [3.63, 3.8) is 0 Å². The van der Waals surface area contributed by atoms with E-state index in [0.717, 1.165) is 16.9 Å². The third kappa shape index (κ3) is 4.97. The van der Waals surface area contributed by atoms with Crippen molar-refractivity contribution >= 4 is 32.4 Å². The highest BCUT2D eigenvalue weighted by Gasteiger charge is 2.28. The van der Waals surface area contributed by atoms with Crippen LogP contribution < -0.4 is 10.1 Å². The number of hydrogen-bond acceptors (Lipinski definition) is 7. The molecule has 152 valence electrons. The molecule has 0 fully saturated rings. The Morgan fingerprint density at radius 3 is 2.41 bits per heavy atom. The molecule has 3 aromatic rings. The summed E-state index contributed by atoms with van der Waals surface area (Å²) in [6, 6.07) is 15.8. The molecule has 2 aromatic carbocycles. The van der Waals surface area contributed by atoms with Crippen molar-refractivity contribution in [2.45, 2.75) is 17.8 Å². The van der Waals surface area contributed by atoms with Crippen LogP contribution in [0.25, 0.3) is 0 Å². The molecule has 0 aliphatic rings. The van der Waals surface area contributed by atoms with Gasteiger partial charge in [0, 0.05) is 18.7 Å². The van der Waals surface area contributed by atoms with Crippen LogP contribution in [0, 0.1) is 0 Å². The smallest absolute Gasteiger partial charge is 0.272 e. The van der Waals surface area contributed by atoms with Gasteiger partial charge < -0.3 is 4.74 Å². The van der Waals surface area contributed by atoms with Crippen molar-refractivity contribution in [2.24, 2.45) is 0 Å². The number of nitrogens with zero attached hydrogens (tertiary/aromatic N) is 3. The van der Waals surface area contributed by atoms with E-state index in [2.05, 4.69) is 15.5 Å². The first kappa shape index (κ1) is 20.9. The lowest BCUT2D eigenvalue weighted by Gasteiger charge is -2.18. The summed E-state index contributed by atoms with van der Waals surface area (Å²) in [5, 5.41) is 10.3. The lowest BCUT2D eigenvalue weighted by atomic mass is 10.2. The van der Waals surface area contributed by atoms with Gasteiger partial charge >= 0.3 is 0 Å². The van der Waals surface area contributed by atoms with Gasteiger partial charge in [0.15, 0.2) is 0 Å². The Bertz CT molecular complexity index is 1070. The molecule has 1 heterocycles. The molecule has 0 saturated carbocycles. The first-order valence-electron chi connectivity index (χ1n) is 8.77. The van der Waals surface area contributed by atoms with Crippen LogP contribution in [0.4, 0.5) is 5.13 Å². The zero-order valence-corrected chi connectivity index (χ0v) is 17.5. The number of carbonyl (C=O) groups excluding carboxylic acids is 1. The third-order valence-electron chi connectivity index (χ3n) is 4.09. The van der Waals surface area contributed by atoms with Crippen molar-refractivity contribution in [3.8, 4) is 5.75 Å². The van der Waals surface area contributed by atoms with E-state index in [1.54, 1.807) is 56.5 Å². The van der Waals surface area contributed by atoms with Gasteiger partial charge in [-0.1, -0.05) is 48.6 Å². The highest BCUT2D eigenvalue weighted by Crippen LogP contribution is 2.25. The Kier molecular flexibility index (Phi) is 6.57. The number of rotatable bonds is 8. The zero-order chi connectivity index (χ0) is 20.9. The van der Waals surface area contributed by atoms with Gasteiger partial charge in [0.1, 0.15) is 5.75 Å². The fraction of sp³-hybridized carbons (Fsp3) is 0.211. The molecule has 3 rings (SSSR count). The summed E-state index contributed by atoms with van der Waals surface area (Å²) in [6.45, 7) is 2.20. The van der Waals surface area contributed by atoms with E-state index >= 15 is 0 Å². The van der Waals surface area contributed by atoms with E-state index in [9.17, 15) is 13.2 Å². The van der Waals surface area contributed by atoms with Gasteiger partial charge in [0.05, 0.1) is 7.11 Å². The van der Waals surface area contributed by atoms with Gasteiger partial charge in [-0.05, 0) is 29.8 Å². The topological polar surface area (TPSA) is 101 Å². The molecule has 0 aliphatic heterocycles. The van der Waals surface area contributed by atoms with Crippen LogP contribution in [0.2, 0.25) is 0 Å².